The molecule has 4 amide bonds. The monoisotopic (exact) mass is 245 g/mol. The second-order valence-corrected chi connectivity index (χ2v) is 3.73. The Bertz CT molecular complexity index is 563. The number of carbonyl (C=O) groups excluding carboxylic acids is 3. The van der Waals surface area contributed by atoms with Gasteiger partial charge in [-0.1, -0.05) is 18.2 Å². The Labute approximate surface area is 103 Å². The van der Waals surface area contributed by atoms with Crippen LogP contribution in [0, 0.1) is 0 Å². The lowest BCUT2D eigenvalue weighted by atomic mass is 10.1. The molecule has 1 aliphatic rings. The van der Waals surface area contributed by atoms with Gasteiger partial charge >= 0.3 is 6.03 Å². The maximum Gasteiger partial charge on any atom is 0.326 e. The second-order valence-electron chi connectivity index (χ2n) is 3.73. The number of carbonyl (C=O) groups is 3. The molecule has 0 unspecified atom stereocenters. The minimum Gasteiger partial charge on any atom is -0.326 e. The van der Waals surface area contributed by atoms with Crippen molar-refractivity contribution in [2.45, 2.75) is 6.92 Å². The van der Waals surface area contributed by atoms with Crippen LogP contribution in [-0.4, -0.2) is 17.8 Å². The molecule has 0 atom stereocenters. The van der Waals surface area contributed by atoms with Crippen LogP contribution in [0.5, 0.6) is 0 Å². The maximum atomic E-state index is 11.4. The number of anilines is 1. The van der Waals surface area contributed by atoms with Gasteiger partial charge in [-0.3, -0.25) is 14.9 Å². The number of amides is 4. The van der Waals surface area contributed by atoms with Gasteiger partial charge in [0.05, 0.1) is 0 Å². The van der Waals surface area contributed by atoms with Gasteiger partial charge in [0, 0.05) is 18.2 Å². The van der Waals surface area contributed by atoms with Gasteiger partial charge < -0.3 is 10.6 Å². The van der Waals surface area contributed by atoms with Gasteiger partial charge in [-0.05, 0) is 12.1 Å². The number of para-hydroxylation sites is 1. The summed E-state index contributed by atoms with van der Waals surface area (Å²) in [5.41, 5.74) is 1.37. The average molecular weight is 245 g/mol. The van der Waals surface area contributed by atoms with Crippen molar-refractivity contribution in [3.8, 4) is 0 Å². The largest absolute Gasteiger partial charge is 0.326 e. The standard InChI is InChI=1S/C12H11N3O3/c1-7(16)13-9-5-3-2-4-8(9)6-10-11(17)15-12(18)14-10/h2-6H,1H3,(H,13,16)(H2,14,15,17,18)/b10-6+. The summed E-state index contributed by atoms with van der Waals surface area (Å²) in [7, 11) is 0. The van der Waals surface area contributed by atoms with Crippen LogP contribution < -0.4 is 16.0 Å². The highest BCUT2D eigenvalue weighted by molar-refractivity contribution is 6.14. The SMILES string of the molecule is CC(=O)Nc1ccccc1/C=C1/NC(=O)NC1=O. The van der Waals surface area contributed by atoms with Crippen molar-refractivity contribution in [3.63, 3.8) is 0 Å². The van der Waals surface area contributed by atoms with Crippen molar-refractivity contribution in [1.82, 2.24) is 10.6 Å². The van der Waals surface area contributed by atoms with E-state index in [9.17, 15) is 14.4 Å². The van der Waals surface area contributed by atoms with E-state index in [0.29, 0.717) is 11.3 Å². The molecule has 0 bridgehead atoms. The molecule has 18 heavy (non-hydrogen) atoms. The van der Waals surface area contributed by atoms with E-state index < -0.39 is 11.9 Å². The number of urea groups is 1. The Kier molecular flexibility index (Phi) is 3.09. The van der Waals surface area contributed by atoms with Gasteiger partial charge in [0.1, 0.15) is 5.70 Å². The lowest BCUT2D eigenvalue weighted by molar-refractivity contribution is -0.116. The molecule has 0 spiro atoms. The third-order valence-corrected chi connectivity index (χ3v) is 2.29. The van der Waals surface area contributed by atoms with Crippen molar-refractivity contribution in [3.05, 3.63) is 35.5 Å². The van der Waals surface area contributed by atoms with Crippen LogP contribution in [-0.2, 0) is 9.59 Å². The molecule has 1 fully saturated rings. The number of benzene rings is 1. The van der Waals surface area contributed by atoms with E-state index in [2.05, 4.69) is 16.0 Å². The average Bonchev–Trinajstić information content (AvgIpc) is 2.59. The highest BCUT2D eigenvalue weighted by Gasteiger charge is 2.22. The van der Waals surface area contributed by atoms with Crippen LogP contribution >= 0.6 is 0 Å². The summed E-state index contributed by atoms with van der Waals surface area (Å²) in [4.78, 5) is 33.4. The van der Waals surface area contributed by atoms with E-state index in [1.165, 1.54) is 13.0 Å². The van der Waals surface area contributed by atoms with Gasteiger partial charge in [0.15, 0.2) is 0 Å². The quantitative estimate of drug-likeness (QED) is 0.532. The first kappa shape index (κ1) is 11.8. The molecular formula is C12H11N3O3. The zero-order valence-corrected chi connectivity index (χ0v) is 9.61. The van der Waals surface area contributed by atoms with Gasteiger partial charge in [0.25, 0.3) is 5.91 Å². The Balaban J connectivity index is 2.34. The fourth-order valence-corrected chi connectivity index (χ4v) is 1.56. The van der Waals surface area contributed by atoms with Crippen LogP contribution in [0.25, 0.3) is 6.08 Å². The summed E-state index contributed by atoms with van der Waals surface area (Å²) in [6, 6.07) is 6.43. The van der Waals surface area contributed by atoms with Crippen molar-refractivity contribution in [2.75, 3.05) is 5.32 Å². The third kappa shape index (κ3) is 2.54. The van der Waals surface area contributed by atoms with E-state index in [1.54, 1.807) is 24.3 Å². The molecule has 2 rings (SSSR count). The lowest BCUT2D eigenvalue weighted by Crippen LogP contribution is -2.22. The fourth-order valence-electron chi connectivity index (χ4n) is 1.56. The molecule has 0 radical (unpaired) electrons. The molecule has 1 heterocycles. The van der Waals surface area contributed by atoms with E-state index >= 15 is 0 Å². The molecule has 92 valence electrons. The highest BCUT2D eigenvalue weighted by atomic mass is 16.2. The minimum atomic E-state index is -0.553. The molecule has 1 saturated heterocycles. The van der Waals surface area contributed by atoms with Crippen molar-refractivity contribution in [2.24, 2.45) is 0 Å². The number of hydrogen-bond acceptors (Lipinski definition) is 3. The van der Waals surface area contributed by atoms with Crippen LogP contribution in [0.1, 0.15) is 12.5 Å². The normalized spacial score (nSPS) is 16.4. The number of rotatable bonds is 2. The summed E-state index contributed by atoms with van der Waals surface area (Å²) in [6.45, 7) is 1.40. The molecule has 1 aromatic carbocycles. The lowest BCUT2D eigenvalue weighted by Gasteiger charge is -2.06. The van der Waals surface area contributed by atoms with E-state index in [-0.39, 0.29) is 11.6 Å². The Morgan fingerprint density at radius 1 is 1.22 bits per heavy atom. The van der Waals surface area contributed by atoms with E-state index in [0.717, 1.165) is 0 Å². The summed E-state index contributed by atoms with van der Waals surface area (Å²) in [6.07, 6.45) is 1.51. The summed E-state index contributed by atoms with van der Waals surface area (Å²) in [5.74, 6) is -0.696. The first-order chi connectivity index (χ1) is 8.56. The minimum absolute atomic E-state index is 0.151. The summed E-state index contributed by atoms with van der Waals surface area (Å²) >= 11 is 0. The summed E-state index contributed by atoms with van der Waals surface area (Å²) < 4.78 is 0. The van der Waals surface area contributed by atoms with Gasteiger partial charge in [-0.2, -0.15) is 0 Å². The zero-order chi connectivity index (χ0) is 13.1. The van der Waals surface area contributed by atoms with Crippen molar-refractivity contribution < 1.29 is 14.4 Å². The fraction of sp³-hybridized carbons (Fsp3) is 0.0833. The molecule has 3 N–H and O–H groups in total. The first-order valence-electron chi connectivity index (χ1n) is 5.27. The highest BCUT2D eigenvalue weighted by Crippen LogP contribution is 2.18. The number of imide groups is 1. The van der Waals surface area contributed by atoms with Crippen LogP contribution in [0.2, 0.25) is 0 Å². The molecule has 6 nitrogen and oxygen atoms in total. The van der Waals surface area contributed by atoms with Crippen LogP contribution in [0.15, 0.2) is 30.0 Å². The Morgan fingerprint density at radius 2 is 1.94 bits per heavy atom. The number of hydrogen-bond donors (Lipinski definition) is 3. The zero-order valence-electron chi connectivity index (χ0n) is 9.61. The second kappa shape index (κ2) is 4.70. The van der Waals surface area contributed by atoms with Crippen LogP contribution in [0.4, 0.5) is 10.5 Å². The first-order valence-corrected chi connectivity index (χ1v) is 5.27. The van der Waals surface area contributed by atoms with E-state index in [1.807, 2.05) is 0 Å². The molecule has 6 heteroatoms. The molecule has 0 aromatic heterocycles. The van der Waals surface area contributed by atoms with Gasteiger partial charge in [-0.15, -0.1) is 0 Å². The van der Waals surface area contributed by atoms with Crippen molar-refractivity contribution >= 4 is 29.6 Å². The van der Waals surface area contributed by atoms with Crippen molar-refractivity contribution in [1.29, 1.82) is 0 Å². The van der Waals surface area contributed by atoms with Gasteiger partial charge in [0.2, 0.25) is 5.91 Å². The molecule has 1 aromatic rings. The number of nitrogens with one attached hydrogen (secondary N) is 3. The molecule has 0 aliphatic carbocycles. The predicted molar refractivity (Wildman–Crippen MR) is 65.4 cm³/mol. The Hall–Kier alpha value is -2.63. The predicted octanol–water partition coefficient (Wildman–Crippen LogP) is 0.825. The Morgan fingerprint density at radius 3 is 2.56 bits per heavy atom. The van der Waals surface area contributed by atoms with E-state index in [4.69, 9.17) is 0 Å². The molecular weight excluding hydrogens is 234 g/mol. The third-order valence-electron chi connectivity index (χ3n) is 2.29. The van der Waals surface area contributed by atoms with Crippen LogP contribution in [0.3, 0.4) is 0 Å². The molecule has 1 aliphatic heterocycles. The van der Waals surface area contributed by atoms with Gasteiger partial charge in [-0.25, -0.2) is 4.79 Å². The topological polar surface area (TPSA) is 87.3 Å². The maximum absolute atomic E-state index is 11.4. The summed E-state index contributed by atoms with van der Waals surface area (Å²) in [5, 5.41) is 7.13. The molecule has 0 saturated carbocycles. The smallest absolute Gasteiger partial charge is 0.326 e.